The van der Waals surface area contributed by atoms with E-state index in [4.69, 9.17) is 0 Å². The summed E-state index contributed by atoms with van der Waals surface area (Å²) in [6.45, 7) is 9.43. The molecule has 0 atom stereocenters. The van der Waals surface area contributed by atoms with E-state index >= 15 is 0 Å². The molecular weight excluding hydrogens is 186 g/mol. The summed E-state index contributed by atoms with van der Waals surface area (Å²) in [6.07, 6.45) is 2.86. The van der Waals surface area contributed by atoms with Crippen molar-refractivity contribution in [1.82, 2.24) is 9.88 Å². The Morgan fingerprint density at radius 3 is 2.60 bits per heavy atom. The molecule has 0 saturated carbocycles. The first-order valence-corrected chi connectivity index (χ1v) is 5.58. The van der Waals surface area contributed by atoms with E-state index < -0.39 is 0 Å². The van der Waals surface area contributed by atoms with Crippen LogP contribution in [0.4, 0.5) is 5.82 Å². The van der Waals surface area contributed by atoms with Crippen molar-refractivity contribution in [2.75, 3.05) is 37.6 Å². The van der Waals surface area contributed by atoms with Gasteiger partial charge in [0.2, 0.25) is 0 Å². The van der Waals surface area contributed by atoms with Gasteiger partial charge in [0.1, 0.15) is 5.82 Å². The molecule has 3 heteroatoms. The molecule has 0 unspecified atom stereocenters. The van der Waals surface area contributed by atoms with Crippen LogP contribution >= 0.6 is 0 Å². The molecule has 2 rings (SSSR count). The standard InChI is InChI=1S/C12H18N3/c1-2-7-14-8-10-15(11-9-14)12-5-3-4-6-13-12/h3-6H,1-2,7-11H2. The predicted molar refractivity (Wildman–Crippen MR) is 62.9 cm³/mol. The van der Waals surface area contributed by atoms with E-state index in [0.717, 1.165) is 45.0 Å². The fourth-order valence-corrected chi connectivity index (χ4v) is 1.96. The highest BCUT2D eigenvalue weighted by Crippen LogP contribution is 2.12. The van der Waals surface area contributed by atoms with E-state index in [0.29, 0.717) is 0 Å². The van der Waals surface area contributed by atoms with Crippen LogP contribution in [0.1, 0.15) is 6.42 Å². The fraction of sp³-hybridized carbons (Fsp3) is 0.500. The van der Waals surface area contributed by atoms with Gasteiger partial charge in [0.15, 0.2) is 0 Å². The maximum Gasteiger partial charge on any atom is 0.128 e. The molecule has 0 spiro atoms. The Bertz CT molecular complexity index is 278. The van der Waals surface area contributed by atoms with Gasteiger partial charge in [0, 0.05) is 32.4 Å². The van der Waals surface area contributed by atoms with Gasteiger partial charge in [-0.2, -0.15) is 0 Å². The molecule has 81 valence electrons. The van der Waals surface area contributed by atoms with Gasteiger partial charge < -0.3 is 4.90 Å². The van der Waals surface area contributed by atoms with Crippen LogP contribution < -0.4 is 4.90 Å². The van der Waals surface area contributed by atoms with Gasteiger partial charge in [0.05, 0.1) is 0 Å². The summed E-state index contributed by atoms with van der Waals surface area (Å²) in [6, 6.07) is 6.09. The molecule has 0 bridgehead atoms. The molecule has 1 aromatic rings. The summed E-state index contributed by atoms with van der Waals surface area (Å²) < 4.78 is 0. The first-order valence-electron chi connectivity index (χ1n) is 5.58. The molecule has 1 fully saturated rings. The van der Waals surface area contributed by atoms with Gasteiger partial charge in [-0.25, -0.2) is 4.98 Å². The summed E-state index contributed by atoms with van der Waals surface area (Å²) >= 11 is 0. The Kier molecular flexibility index (Phi) is 3.56. The second-order valence-electron chi connectivity index (χ2n) is 3.87. The largest absolute Gasteiger partial charge is 0.354 e. The quantitative estimate of drug-likeness (QED) is 0.742. The molecule has 2 heterocycles. The minimum absolute atomic E-state index is 1.00. The van der Waals surface area contributed by atoms with Gasteiger partial charge in [-0.05, 0) is 25.1 Å². The lowest BCUT2D eigenvalue weighted by Crippen LogP contribution is -2.46. The Morgan fingerprint density at radius 2 is 2.00 bits per heavy atom. The van der Waals surface area contributed by atoms with Crippen molar-refractivity contribution in [3.8, 4) is 0 Å². The van der Waals surface area contributed by atoms with Gasteiger partial charge in [-0.3, -0.25) is 4.90 Å². The van der Waals surface area contributed by atoms with Crippen LogP contribution in [-0.4, -0.2) is 42.6 Å². The number of hydrogen-bond acceptors (Lipinski definition) is 3. The molecule has 0 amide bonds. The predicted octanol–water partition coefficient (Wildman–Crippen LogP) is 1.43. The molecule has 1 aromatic heterocycles. The number of pyridine rings is 1. The molecule has 1 radical (unpaired) electrons. The van der Waals surface area contributed by atoms with Gasteiger partial charge in [-0.1, -0.05) is 13.0 Å². The van der Waals surface area contributed by atoms with Crippen molar-refractivity contribution in [2.24, 2.45) is 0 Å². The lowest BCUT2D eigenvalue weighted by Gasteiger charge is -2.35. The molecule has 3 nitrogen and oxygen atoms in total. The first kappa shape index (κ1) is 10.4. The van der Waals surface area contributed by atoms with Crippen LogP contribution in [0, 0.1) is 6.92 Å². The van der Waals surface area contributed by atoms with Crippen molar-refractivity contribution in [2.45, 2.75) is 6.42 Å². The fourth-order valence-electron chi connectivity index (χ4n) is 1.96. The Balaban J connectivity index is 1.88. The summed E-state index contributed by atoms with van der Waals surface area (Å²) in [5.41, 5.74) is 0. The third kappa shape index (κ3) is 2.69. The number of hydrogen-bond donors (Lipinski definition) is 0. The summed E-state index contributed by atoms with van der Waals surface area (Å²) in [5, 5.41) is 0. The van der Waals surface area contributed by atoms with Gasteiger partial charge in [0.25, 0.3) is 0 Å². The second kappa shape index (κ2) is 5.12. The Labute approximate surface area is 91.7 Å². The Morgan fingerprint density at radius 1 is 1.20 bits per heavy atom. The minimum atomic E-state index is 1.00. The summed E-state index contributed by atoms with van der Waals surface area (Å²) in [7, 11) is 0. The third-order valence-electron chi connectivity index (χ3n) is 2.82. The van der Waals surface area contributed by atoms with Crippen LogP contribution in [0.25, 0.3) is 0 Å². The molecule has 1 saturated heterocycles. The van der Waals surface area contributed by atoms with Crippen LogP contribution in [0.2, 0.25) is 0 Å². The monoisotopic (exact) mass is 204 g/mol. The topological polar surface area (TPSA) is 19.4 Å². The van der Waals surface area contributed by atoms with Crippen LogP contribution in [0.5, 0.6) is 0 Å². The molecular formula is C12H18N3. The number of anilines is 1. The van der Waals surface area contributed by atoms with Crippen molar-refractivity contribution < 1.29 is 0 Å². The zero-order valence-electron chi connectivity index (χ0n) is 9.10. The number of rotatable bonds is 3. The molecule has 0 N–H and O–H groups in total. The van der Waals surface area contributed by atoms with E-state index in [1.54, 1.807) is 0 Å². The number of piperazine rings is 1. The van der Waals surface area contributed by atoms with Crippen molar-refractivity contribution >= 4 is 5.82 Å². The summed E-state index contributed by atoms with van der Waals surface area (Å²) in [4.78, 5) is 9.18. The third-order valence-corrected chi connectivity index (χ3v) is 2.82. The molecule has 0 aliphatic carbocycles. The second-order valence-corrected chi connectivity index (χ2v) is 3.87. The molecule has 0 aromatic carbocycles. The molecule has 1 aliphatic rings. The number of nitrogens with zero attached hydrogens (tertiary/aromatic N) is 3. The maximum absolute atomic E-state index is 4.37. The van der Waals surface area contributed by atoms with Crippen LogP contribution in [0.3, 0.4) is 0 Å². The SMILES string of the molecule is [CH2]CCN1CCN(c2ccccn2)CC1. The van der Waals surface area contributed by atoms with Crippen molar-refractivity contribution in [1.29, 1.82) is 0 Å². The zero-order valence-corrected chi connectivity index (χ0v) is 9.10. The van der Waals surface area contributed by atoms with Crippen LogP contribution in [0.15, 0.2) is 24.4 Å². The maximum atomic E-state index is 4.37. The highest BCUT2D eigenvalue weighted by molar-refractivity contribution is 5.38. The normalized spacial score (nSPS) is 18.1. The average molecular weight is 204 g/mol. The van der Waals surface area contributed by atoms with Gasteiger partial charge >= 0.3 is 0 Å². The Hall–Kier alpha value is -1.09. The van der Waals surface area contributed by atoms with Crippen LogP contribution in [-0.2, 0) is 0 Å². The smallest absolute Gasteiger partial charge is 0.128 e. The van der Waals surface area contributed by atoms with Crippen molar-refractivity contribution in [3.63, 3.8) is 0 Å². The lowest BCUT2D eigenvalue weighted by atomic mass is 10.3. The summed E-state index contributed by atoms with van der Waals surface area (Å²) in [5.74, 6) is 1.10. The van der Waals surface area contributed by atoms with E-state index in [2.05, 4.69) is 27.8 Å². The average Bonchev–Trinajstić information content (AvgIpc) is 2.32. The van der Waals surface area contributed by atoms with Crippen molar-refractivity contribution in [3.05, 3.63) is 31.3 Å². The van der Waals surface area contributed by atoms with E-state index in [1.165, 1.54) is 0 Å². The highest BCUT2D eigenvalue weighted by Gasteiger charge is 2.16. The van der Waals surface area contributed by atoms with E-state index in [9.17, 15) is 0 Å². The lowest BCUT2D eigenvalue weighted by molar-refractivity contribution is 0.261. The zero-order chi connectivity index (χ0) is 10.5. The van der Waals surface area contributed by atoms with E-state index in [1.807, 2.05) is 18.3 Å². The van der Waals surface area contributed by atoms with Gasteiger partial charge in [-0.15, -0.1) is 0 Å². The highest BCUT2D eigenvalue weighted by atomic mass is 15.3. The van der Waals surface area contributed by atoms with E-state index in [-0.39, 0.29) is 0 Å². The molecule has 15 heavy (non-hydrogen) atoms. The number of aromatic nitrogens is 1. The minimum Gasteiger partial charge on any atom is -0.354 e. The molecule has 1 aliphatic heterocycles. The first-order chi connectivity index (χ1) is 7.40.